The van der Waals surface area contributed by atoms with Crippen LogP contribution in [-0.4, -0.2) is 107 Å². The molecule has 1 unspecified atom stereocenters. The largest absolute Gasteiger partial charge is 0.495 e. The molecule has 0 saturated carbocycles. The molecule has 0 radical (unpaired) electrons. The summed E-state index contributed by atoms with van der Waals surface area (Å²) in [6.45, 7) is 11.6. The number of benzene rings is 1. The van der Waals surface area contributed by atoms with Crippen molar-refractivity contribution in [2.45, 2.75) is 103 Å². The summed E-state index contributed by atoms with van der Waals surface area (Å²) in [5, 5.41) is 14.5. The predicted molar refractivity (Wildman–Crippen MR) is 190 cm³/mol. The lowest BCUT2D eigenvalue weighted by Crippen LogP contribution is -2.63. The Morgan fingerprint density at radius 1 is 1.22 bits per heavy atom. The summed E-state index contributed by atoms with van der Waals surface area (Å²) >= 11 is 6.75. The summed E-state index contributed by atoms with van der Waals surface area (Å²) in [5.41, 5.74) is -1.14. The number of amides is 2. The van der Waals surface area contributed by atoms with Crippen LogP contribution in [0.1, 0.15) is 59.9 Å². The molecule has 3 aliphatic rings. The highest BCUT2D eigenvalue weighted by Crippen LogP contribution is 2.49. The fraction of sp³-hybridized carbons (Fsp3) is 0.649. The molecule has 2 amide bonds. The van der Waals surface area contributed by atoms with E-state index in [-0.39, 0.29) is 29.9 Å². The minimum atomic E-state index is -1.80. The zero-order chi connectivity index (χ0) is 37.9. The number of esters is 1. The standard InChI is InChI=1S/C37H53ClN2O11/c1-21-12-11-13-28(47-10)37(44)18-27(49-34(43)39-37)22(2)32-36(6,51-32)29(50-33(42)23(3)48-20-35(4,5)19-45-8)17-30(41)40(7)25-15-24(14-21)16-26(46-9)31(25)38/h11-13,15-16,22-23,27-29,32,44H,14,17-20H2,1-10H3,(H,39,43)/b13-11+,21-12+/t22-,23+,27?,28-,29+,32+,36+,37+/m1/s1. The van der Waals surface area contributed by atoms with Crippen molar-refractivity contribution in [3.05, 3.63) is 46.5 Å². The minimum absolute atomic E-state index is 0.0280. The van der Waals surface area contributed by atoms with Gasteiger partial charge in [0, 0.05) is 39.0 Å². The third-order valence-corrected chi connectivity index (χ3v) is 10.2. The summed E-state index contributed by atoms with van der Waals surface area (Å²) in [4.78, 5) is 41.8. The molecule has 2 N–H and O–H groups in total. The van der Waals surface area contributed by atoms with Gasteiger partial charge < -0.3 is 43.2 Å². The highest BCUT2D eigenvalue weighted by molar-refractivity contribution is 6.35. The average molecular weight is 737 g/mol. The van der Waals surface area contributed by atoms with Crippen LogP contribution in [0.5, 0.6) is 5.75 Å². The van der Waals surface area contributed by atoms with Crippen LogP contribution in [0.25, 0.3) is 0 Å². The number of rotatable bonds is 9. The molecule has 51 heavy (non-hydrogen) atoms. The zero-order valence-electron chi connectivity index (χ0n) is 31.2. The lowest BCUT2D eigenvalue weighted by Gasteiger charge is -2.42. The van der Waals surface area contributed by atoms with Gasteiger partial charge in [-0.2, -0.15) is 0 Å². The molecule has 2 fully saturated rings. The molecular formula is C37H53ClN2O11. The van der Waals surface area contributed by atoms with E-state index in [0.717, 1.165) is 11.1 Å². The molecule has 3 heterocycles. The molecule has 2 saturated heterocycles. The van der Waals surface area contributed by atoms with Gasteiger partial charge in [0.05, 0.1) is 38.5 Å². The van der Waals surface area contributed by atoms with E-state index in [2.05, 4.69) is 5.32 Å². The van der Waals surface area contributed by atoms with Crippen molar-refractivity contribution < 1.29 is 52.6 Å². The molecule has 4 bridgehead atoms. The molecule has 3 aliphatic heterocycles. The summed E-state index contributed by atoms with van der Waals surface area (Å²) in [7, 11) is 6.13. The first-order valence-corrected chi connectivity index (χ1v) is 17.5. The number of fused-ring (bicyclic) bond motifs is 5. The van der Waals surface area contributed by atoms with Crippen molar-refractivity contribution in [1.29, 1.82) is 0 Å². The minimum Gasteiger partial charge on any atom is -0.495 e. The monoisotopic (exact) mass is 736 g/mol. The van der Waals surface area contributed by atoms with Gasteiger partial charge in [0.15, 0.2) is 11.8 Å². The van der Waals surface area contributed by atoms with Gasteiger partial charge in [-0.25, -0.2) is 9.59 Å². The Bertz CT molecular complexity index is 1520. The summed E-state index contributed by atoms with van der Waals surface area (Å²) in [5.74, 6) is -1.18. The molecule has 13 nitrogen and oxygen atoms in total. The lowest BCUT2D eigenvalue weighted by molar-refractivity contribution is -0.168. The first kappa shape index (κ1) is 40.6. The van der Waals surface area contributed by atoms with E-state index >= 15 is 0 Å². The Hall–Kier alpha value is -3.20. The van der Waals surface area contributed by atoms with Gasteiger partial charge in [-0.1, -0.05) is 56.2 Å². The van der Waals surface area contributed by atoms with Crippen LogP contribution in [0.2, 0.25) is 5.02 Å². The van der Waals surface area contributed by atoms with Crippen molar-refractivity contribution in [3.63, 3.8) is 0 Å². The Morgan fingerprint density at radius 3 is 2.57 bits per heavy atom. The number of epoxide rings is 1. The second-order valence-electron chi connectivity index (χ2n) is 14.8. The Kier molecular flexibility index (Phi) is 12.9. The fourth-order valence-electron chi connectivity index (χ4n) is 6.69. The van der Waals surface area contributed by atoms with Gasteiger partial charge in [-0.15, -0.1) is 0 Å². The van der Waals surface area contributed by atoms with Crippen molar-refractivity contribution in [2.75, 3.05) is 46.5 Å². The van der Waals surface area contributed by atoms with Crippen LogP contribution in [0.3, 0.4) is 0 Å². The number of carbonyl (C=O) groups is 3. The summed E-state index contributed by atoms with van der Waals surface area (Å²) in [6, 6.07) is 3.62. The average Bonchev–Trinajstić information content (AvgIpc) is 3.76. The van der Waals surface area contributed by atoms with Crippen LogP contribution in [-0.2, 0) is 44.4 Å². The third kappa shape index (κ3) is 9.43. The van der Waals surface area contributed by atoms with Crippen LogP contribution in [0.4, 0.5) is 10.5 Å². The van der Waals surface area contributed by atoms with Gasteiger partial charge in [0.2, 0.25) is 5.91 Å². The first-order chi connectivity index (χ1) is 23.9. The van der Waals surface area contributed by atoms with Gasteiger partial charge in [0.25, 0.3) is 0 Å². The van der Waals surface area contributed by atoms with E-state index in [4.69, 9.17) is 44.8 Å². The number of halogens is 1. The molecule has 14 heteroatoms. The lowest BCUT2D eigenvalue weighted by atomic mass is 9.83. The molecule has 1 aromatic rings. The summed E-state index contributed by atoms with van der Waals surface area (Å²) in [6.07, 6.45) is 0.257. The first-order valence-electron chi connectivity index (χ1n) is 17.1. The second-order valence-corrected chi connectivity index (χ2v) is 15.2. The van der Waals surface area contributed by atoms with Gasteiger partial charge in [0.1, 0.15) is 34.7 Å². The number of ether oxygens (including phenoxy) is 7. The predicted octanol–water partition coefficient (Wildman–Crippen LogP) is 4.75. The Morgan fingerprint density at radius 2 is 1.92 bits per heavy atom. The normalized spacial score (nSPS) is 32.4. The van der Waals surface area contributed by atoms with Crippen molar-refractivity contribution in [3.8, 4) is 5.75 Å². The number of allylic oxidation sites excluding steroid dienone is 3. The highest BCUT2D eigenvalue weighted by Gasteiger charge is 2.64. The quantitative estimate of drug-likeness (QED) is 0.267. The number of nitrogens with zero attached hydrogens (tertiary/aromatic N) is 1. The second kappa shape index (κ2) is 16.2. The molecular weight excluding hydrogens is 684 g/mol. The van der Waals surface area contributed by atoms with Crippen LogP contribution >= 0.6 is 11.6 Å². The Balaban J connectivity index is 1.74. The topological polar surface area (TPSA) is 155 Å². The SMILES string of the molecule is COCC(C)(C)CO[C@@H](C)C(=O)O[C@H]1CC(=O)N(C)c2cc(cc(OC)c2Cl)C/C(C)=C/C=C/[C@@H](OC)[C@@]2(O)CC(OC(=O)N2)[C@@H](C)[C@@H]2O[C@@]12C. The number of alkyl carbamates (subject to hydrolysis) is 1. The molecule has 284 valence electrons. The maximum atomic E-state index is 14.1. The molecule has 1 aromatic carbocycles. The molecule has 4 rings (SSSR count). The number of hydrogen-bond acceptors (Lipinski definition) is 11. The Labute approximate surface area is 305 Å². The molecule has 0 aliphatic carbocycles. The van der Waals surface area contributed by atoms with Crippen LogP contribution < -0.4 is 15.0 Å². The number of methoxy groups -OCH3 is 3. The van der Waals surface area contributed by atoms with E-state index in [0.29, 0.717) is 24.5 Å². The van der Waals surface area contributed by atoms with Crippen molar-refractivity contribution >= 4 is 35.3 Å². The number of aliphatic hydroxyl groups is 1. The fourth-order valence-corrected chi connectivity index (χ4v) is 7.01. The van der Waals surface area contributed by atoms with Gasteiger partial charge in [-0.3, -0.25) is 10.1 Å². The number of nitrogens with one attached hydrogen (secondary N) is 1. The maximum absolute atomic E-state index is 14.1. The van der Waals surface area contributed by atoms with E-state index in [1.807, 2.05) is 39.8 Å². The zero-order valence-corrected chi connectivity index (χ0v) is 32.0. The highest BCUT2D eigenvalue weighted by atomic mass is 35.5. The van der Waals surface area contributed by atoms with Gasteiger partial charge >= 0.3 is 12.1 Å². The molecule has 0 aromatic heterocycles. The third-order valence-electron chi connectivity index (χ3n) is 9.80. The van der Waals surface area contributed by atoms with Crippen molar-refractivity contribution in [1.82, 2.24) is 5.32 Å². The molecule has 8 atom stereocenters. The number of anilines is 1. The maximum Gasteiger partial charge on any atom is 0.409 e. The van der Waals surface area contributed by atoms with E-state index in [9.17, 15) is 19.5 Å². The summed E-state index contributed by atoms with van der Waals surface area (Å²) < 4.78 is 40.3. The smallest absolute Gasteiger partial charge is 0.409 e. The van der Waals surface area contributed by atoms with Crippen LogP contribution in [0, 0.1) is 11.3 Å². The van der Waals surface area contributed by atoms with Gasteiger partial charge in [-0.05, 0) is 44.9 Å². The van der Waals surface area contributed by atoms with Crippen molar-refractivity contribution in [2.24, 2.45) is 11.3 Å². The van der Waals surface area contributed by atoms with E-state index in [1.54, 1.807) is 46.2 Å². The number of hydrogen-bond donors (Lipinski definition) is 2. The van der Waals surface area contributed by atoms with Crippen LogP contribution in [0.15, 0.2) is 35.9 Å². The van der Waals surface area contributed by atoms with E-state index < -0.39 is 65.7 Å². The van der Waals surface area contributed by atoms with E-state index in [1.165, 1.54) is 19.1 Å². The number of carbonyl (C=O) groups excluding carboxylic acids is 3. The molecule has 0 spiro atoms.